The summed E-state index contributed by atoms with van der Waals surface area (Å²) < 4.78 is 5.04. The van der Waals surface area contributed by atoms with E-state index in [1.54, 1.807) is 32.0 Å². The van der Waals surface area contributed by atoms with Gasteiger partial charge in [0.05, 0.1) is 17.4 Å². The van der Waals surface area contributed by atoms with E-state index in [0.717, 1.165) is 4.90 Å². The number of amides is 1. The third-order valence-electron chi connectivity index (χ3n) is 3.51. The zero-order valence-electron chi connectivity index (χ0n) is 14.0. The summed E-state index contributed by atoms with van der Waals surface area (Å²) in [4.78, 5) is 25.4. The zero-order chi connectivity index (χ0) is 17.5. The van der Waals surface area contributed by atoms with Gasteiger partial charge in [0.2, 0.25) is 5.91 Å². The number of thioether (sulfide) groups is 1. The molecule has 0 aliphatic heterocycles. The Morgan fingerprint density at radius 3 is 2.50 bits per heavy atom. The van der Waals surface area contributed by atoms with E-state index in [4.69, 9.17) is 4.74 Å². The maximum atomic E-state index is 12.4. The van der Waals surface area contributed by atoms with Crippen molar-refractivity contribution in [3.8, 4) is 0 Å². The molecule has 0 unspecified atom stereocenters. The van der Waals surface area contributed by atoms with Gasteiger partial charge in [0.1, 0.15) is 0 Å². The predicted octanol–water partition coefficient (Wildman–Crippen LogP) is 4.29. The first-order valence-electron chi connectivity index (χ1n) is 7.82. The van der Waals surface area contributed by atoms with Crippen LogP contribution in [0.4, 0.5) is 5.69 Å². The lowest BCUT2D eigenvalue weighted by atomic mass is 10.1. The minimum atomic E-state index is -0.377. The van der Waals surface area contributed by atoms with Crippen molar-refractivity contribution >= 4 is 29.3 Å². The van der Waals surface area contributed by atoms with E-state index in [-0.39, 0.29) is 17.1 Å². The van der Waals surface area contributed by atoms with E-state index in [9.17, 15) is 9.59 Å². The largest absolute Gasteiger partial charge is 0.462 e. The molecule has 4 nitrogen and oxygen atoms in total. The highest BCUT2D eigenvalue weighted by Gasteiger charge is 2.18. The van der Waals surface area contributed by atoms with Crippen LogP contribution in [-0.2, 0) is 9.53 Å². The molecule has 0 saturated carbocycles. The summed E-state index contributed by atoms with van der Waals surface area (Å²) in [7, 11) is 0. The Labute approximate surface area is 146 Å². The van der Waals surface area contributed by atoms with Gasteiger partial charge >= 0.3 is 5.97 Å². The number of carbonyl (C=O) groups is 2. The van der Waals surface area contributed by atoms with Gasteiger partial charge in [0.15, 0.2) is 0 Å². The monoisotopic (exact) mass is 343 g/mol. The van der Waals surface area contributed by atoms with Crippen LogP contribution in [0.2, 0.25) is 0 Å². The summed E-state index contributed by atoms with van der Waals surface area (Å²) in [6.07, 6.45) is 0. The zero-order valence-corrected chi connectivity index (χ0v) is 14.9. The Bertz CT molecular complexity index is 716. The maximum absolute atomic E-state index is 12.4. The van der Waals surface area contributed by atoms with Crippen LogP contribution in [0.25, 0.3) is 0 Å². The lowest BCUT2D eigenvalue weighted by Crippen LogP contribution is -2.23. The fourth-order valence-corrected chi connectivity index (χ4v) is 3.08. The Morgan fingerprint density at radius 1 is 1.12 bits per heavy atom. The molecule has 2 aromatic rings. The molecular weight excluding hydrogens is 322 g/mol. The van der Waals surface area contributed by atoms with Gasteiger partial charge in [0, 0.05) is 10.6 Å². The van der Waals surface area contributed by atoms with Gasteiger partial charge in [0.25, 0.3) is 0 Å². The number of rotatable bonds is 6. The van der Waals surface area contributed by atoms with Crippen LogP contribution in [0.15, 0.2) is 53.4 Å². The molecular formula is C19H21NO3S. The molecule has 0 heterocycles. The molecule has 2 rings (SSSR count). The number of hydrogen-bond donors (Lipinski definition) is 1. The smallest absolute Gasteiger partial charge is 0.338 e. The first kappa shape index (κ1) is 18.1. The lowest BCUT2D eigenvalue weighted by Gasteiger charge is -2.15. The Balaban J connectivity index is 2.08. The molecule has 1 atom stereocenters. The molecule has 0 bridgehead atoms. The van der Waals surface area contributed by atoms with Crippen molar-refractivity contribution in [1.29, 1.82) is 0 Å². The Kier molecular flexibility index (Phi) is 6.44. The van der Waals surface area contributed by atoms with Crippen LogP contribution in [0.3, 0.4) is 0 Å². The van der Waals surface area contributed by atoms with Gasteiger partial charge < -0.3 is 10.1 Å². The number of benzene rings is 2. The van der Waals surface area contributed by atoms with Crippen molar-refractivity contribution in [2.24, 2.45) is 0 Å². The molecule has 5 heteroatoms. The number of ether oxygens (including phenoxy) is 1. The molecule has 0 radical (unpaired) electrons. The number of carbonyl (C=O) groups excluding carboxylic acids is 2. The quantitative estimate of drug-likeness (QED) is 0.628. The topological polar surface area (TPSA) is 55.4 Å². The van der Waals surface area contributed by atoms with Gasteiger partial charge in [-0.05, 0) is 50.6 Å². The fraction of sp³-hybridized carbons (Fsp3) is 0.263. The van der Waals surface area contributed by atoms with Crippen LogP contribution >= 0.6 is 11.8 Å². The highest BCUT2D eigenvalue weighted by Crippen LogP contribution is 2.25. The number of esters is 1. The van der Waals surface area contributed by atoms with Crippen LogP contribution < -0.4 is 5.32 Å². The Morgan fingerprint density at radius 2 is 1.83 bits per heavy atom. The molecule has 2 aromatic carbocycles. The summed E-state index contributed by atoms with van der Waals surface area (Å²) in [5, 5.41) is 2.65. The van der Waals surface area contributed by atoms with Gasteiger partial charge in [-0.3, -0.25) is 4.79 Å². The summed E-state index contributed by atoms with van der Waals surface area (Å²) >= 11 is 1.49. The SMILES string of the molecule is CCOC(=O)c1cccc(NC(=O)[C@H](C)Sc2ccccc2)c1C. The van der Waals surface area contributed by atoms with Crippen molar-refractivity contribution in [2.75, 3.05) is 11.9 Å². The number of nitrogens with one attached hydrogen (secondary N) is 1. The third kappa shape index (κ3) is 4.61. The molecule has 0 aliphatic rings. The van der Waals surface area contributed by atoms with Crippen molar-refractivity contribution in [2.45, 2.75) is 30.9 Å². The van der Waals surface area contributed by atoms with Gasteiger partial charge in [-0.2, -0.15) is 0 Å². The fourth-order valence-electron chi connectivity index (χ4n) is 2.19. The Hall–Kier alpha value is -2.27. The average Bonchev–Trinajstić information content (AvgIpc) is 2.57. The summed E-state index contributed by atoms with van der Waals surface area (Å²) in [6, 6.07) is 15.0. The van der Waals surface area contributed by atoms with E-state index in [2.05, 4.69) is 5.32 Å². The van der Waals surface area contributed by atoms with E-state index in [0.29, 0.717) is 23.4 Å². The highest BCUT2D eigenvalue weighted by atomic mass is 32.2. The van der Waals surface area contributed by atoms with Crippen molar-refractivity contribution < 1.29 is 14.3 Å². The van der Waals surface area contributed by atoms with E-state index >= 15 is 0 Å². The molecule has 1 N–H and O–H groups in total. The van der Waals surface area contributed by atoms with Gasteiger partial charge in [-0.25, -0.2) is 4.79 Å². The van der Waals surface area contributed by atoms with Crippen molar-refractivity contribution in [3.63, 3.8) is 0 Å². The second-order valence-electron chi connectivity index (χ2n) is 5.26. The van der Waals surface area contributed by atoms with Gasteiger partial charge in [-0.1, -0.05) is 24.3 Å². The highest BCUT2D eigenvalue weighted by molar-refractivity contribution is 8.00. The third-order valence-corrected chi connectivity index (χ3v) is 4.62. The molecule has 24 heavy (non-hydrogen) atoms. The molecule has 0 saturated heterocycles. The molecule has 1 amide bonds. The lowest BCUT2D eigenvalue weighted by molar-refractivity contribution is -0.115. The van der Waals surface area contributed by atoms with E-state index in [1.165, 1.54) is 11.8 Å². The normalized spacial score (nSPS) is 11.6. The second-order valence-corrected chi connectivity index (χ2v) is 6.68. The molecule has 0 aromatic heterocycles. The summed E-state index contributed by atoms with van der Waals surface area (Å²) in [5.41, 5.74) is 1.81. The van der Waals surface area contributed by atoms with Crippen molar-refractivity contribution in [1.82, 2.24) is 0 Å². The standard InChI is InChI=1S/C19H21NO3S/c1-4-23-19(22)16-11-8-12-17(13(16)2)20-18(21)14(3)24-15-9-6-5-7-10-15/h5-12,14H,4H2,1-3H3,(H,20,21)/t14-/m0/s1. The summed E-state index contributed by atoms with van der Waals surface area (Å²) in [6.45, 7) is 5.75. The summed E-state index contributed by atoms with van der Waals surface area (Å²) in [5.74, 6) is -0.481. The minimum Gasteiger partial charge on any atom is -0.462 e. The maximum Gasteiger partial charge on any atom is 0.338 e. The van der Waals surface area contributed by atoms with E-state index in [1.807, 2.05) is 37.3 Å². The van der Waals surface area contributed by atoms with Crippen LogP contribution in [0.1, 0.15) is 29.8 Å². The first-order chi connectivity index (χ1) is 11.5. The van der Waals surface area contributed by atoms with E-state index < -0.39 is 0 Å². The first-order valence-corrected chi connectivity index (χ1v) is 8.70. The second kappa shape index (κ2) is 8.55. The molecule has 0 fully saturated rings. The van der Waals surface area contributed by atoms with Crippen LogP contribution in [0.5, 0.6) is 0 Å². The van der Waals surface area contributed by atoms with Crippen molar-refractivity contribution in [3.05, 3.63) is 59.7 Å². The molecule has 0 aliphatic carbocycles. The number of anilines is 1. The minimum absolute atomic E-state index is 0.104. The van der Waals surface area contributed by atoms with Crippen LogP contribution in [0, 0.1) is 6.92 Å². The molecule has 126 valence electrons. The van der Waals surface area contributed by atoms with Crippen LogP contribution in [-0.4, -0.2) is 23.7 Å². The van der Waals surface area contributed by atoms with Gasteiger partial charge in [-0.15, -0.1) is 11.8 Å². The molecule has 0 spiro atoms. The number of hydrogen-bond acceptors (Lipinski definition) is 4. The predicted molar refractivity (Wildman–Crippen MR) is 97.5 cm³/mol. The average molecular weight is 343 g/mol.